The van der Waals surface area contributed by atoms with Crippen molar-refractivity contribution < 1.29 is 9.18 Å². The van der Waals surface area contributed by atoms with Gasteiger partial charge in [0.15, 0.2) is 0 Å². The fraction of sp³-hybridized carbons (Fsp3) is 0.174. The van der Waals surface area contributed by atoms with Crippen LogP contribution in [-0.2, 0) is 6.42 Å². The number of likely N-dealkylation sites (N-methyl/N-ethyl adjacent to an activating group) is 1. The molecule has 0 atom stereocenters. The SMILES string of the molecule is CCN(CCc1ncc(-c2ccc(F)cc2)cn1)C(=O)c1ccccc1-n1nccn1. The van der Waals surface area contributed by atoms with Crippen LogP contribution in [0, 0.1) is 5.82 Å². The van der Waals surface area contributed by atoms with Crippen LogP contribution in [-0.4, -0.2) is 48.9 Å². The number of carbonyl (C=O) groups excluding carboxylic acids is 1. The highest BCUT2D eigenvalue weighted by molar-refractivity contribution is 5.97. The van der Waals surface area contributed by atoms with Gasteiger partial charge in [-0.15, -0.1) is 0 Å². The molecule has 4 aromatic rings. The summed E-state index contributed by atoms with van der Waals surface area (Å²) in [5, 5.41) is 8.28. The molecule has 2 heterocycles. The quantitative estimate of drug-likeness (QED) is 0.460. The lowest BCUT2D eigenvalue weighted by Gasteiger charge is -2.21. The van der Waals surface area contributed by atoms with Crippen molar-refractivity contribution in [2.24, 2.45) is 0 Å². The van der Waals surface area contributed by atoms with E-state index in [9.17, 15) is 9.18 Å². The molecule has 4 rings (SSSR count). The first-order valence-electron chi connectivity index (χ1n) is 9.97. The van der Waals surface area contributed by atoms with Gasteiger partial charge in [-0.1, -0.05) is 24.3 Å². The van der Waals surface area contributed by atoms with Crippen molar-refractivity contribution in [3.8, 4) is 16.8 Å². The third-order valence-corrected chi connectivity index (χ3v) is 4.93. The highest BCUT2D eigenvalue weighted by Crippen LogP contribution is 2.18. The Hall–Kier alpha value is -3.94. The number of amides is 1. The Morgan fingerprint density at radius 3 is 2.32 bits per heavy atom. The van der Waals surface area contributed by atoms with Crippen LogP contribution < -0.4 is 0 Å². The van der Waals surface area contributed by atoms with Crippen LogP contribution in [0.4, 0.5) is 4.39 Å². The highest BCUT2D eigenvalue weighted by Gasteiger charge is 2.19. The molecule has 0 aliphatic heterocycles. The summed E-state index contributed by atoms with van der Waals surface area (Å²) in [6, 6.07) is 13.5. The number of hydrogen-bond donors (Lipinski definition) is 0. The molecular weight excluding hydrogens is 395 g/mol. The number of carbonyl (C=O) groups is 1. The zero-order chi connectivity index (χ0) is 21.6. The molecule has 2 aromatic heterocycles. The molecule has 0 N–H and O–H groups in total. The first-order chi connectivity index (χ1) is 15.2. The summed E-state index contributed by atoms with van der Waals surface area (Å²) in [5.41, 5.74) is 2.83. The Morgan fingerprint density at radius 2 is 1.65 bits per heavy atom. The van der Waals surface area contributed by atoms with E-state index in [1.54, 1.807) is 47.9 Å². The number of hydrogen-bond acceptors (Lipinski definition) is 5. The zero-order valence-electron chi connectivity index (χ0n) is 17.0. The average Bonchev–Trinajstić information content (AvgIpc) is 3.35. The molecule has 0 aliphatic carbocycles. The first-order valence-corrected chi connectivity index (χ1v) is 9.97. The smallest absolute Gasteiger partial charge is 0.256 e. The van der Waals surface area contributed by atoms with Gasteiger partial charge in [0.25, 0.3) is 5.91 Å². The molecule has 0 aliphatic rings. The van der Waals surface area contributed by atoms with Crippen LogP contribution >= 0.6 is 0 Å². The van der Waals surface area contributed by atoms with Crippen LogP contribution in [0.3, 0.4) is 0 Å². The Kier molecular flexibility index (Phi) is 6.07. The summed E-state index contributed by atoms with van der Waals surface area (Å²) < 4.78 is 13.1. The third kappa shape index (κ3) is 4.63. The predicted molar refractivity (Wildman–Crippen MR) is 114 cm³/mol. The van der Waals surface area contributed by atoms with E-state index in [0.717, 1.165) is 11.1 Å². The molecular formula is C23H21FN6O. The fourth-order valence-corrected chi connectivity index (χ4v) is 3.25. The standard InChI is InChI=1S/C23H21FN6O/c1-2-29(23(31)20-5-3-4-6-21(20)30-27-12-13-28-30)14-11-22-25-15-18(16-26-22)17-7-9-19(24)10-8-17/h3-10,12-13,15-16H,2,11,14H2,1H3. The fourth-order valence-electron chi connectivity index (χ4n) is 3.25. The van der Waals surface area contributed by atoms with Gasteiger partial charge in [-0.3, -0.25) is 4.79 Å². The number of benzene rings is 2. The topological polar surface area (TPSA) is 76.8 Å². The van der Waals surface area contributed by atoms with Crippen LogP contribution in [0.2, 0.25) is 0 Å². The normalized spacial score (nSPS) is 10.8. The van der Waals surface area contributed by atoms with E-state index in [0.29, 0.717) is 36.6 Å². The van der Waals surface area contributed by atoms with Gasteiger partial charge in [0.05, 0.1) is 23.6 Å². The number of aromatic nitrogens is 5. The molecule has 8 heteroatoms. The molecule has 1 amide bonds. The van der Waals surface area contributed by atoms with E-state index in [1.165, 1.54) is 16.9 Å². The maximum Gasteiger partial charge on any atom is 0.256 e. The van der Waals surface area contributed by atoms with Crippen molar-refractivity contribution in [2.45, 2.75) is 13.3 Å². The van der Waals surface area contributed by atoms with E-state index >= 15 is 0 Å². The Labute approximate surface area is 179 Å². The minimum Gasteiger partial charge on any atom is -0.338 e. The summed E-state index contributed by atoms with van der Waals surface area (Å²) in [6.07, 6.45) is 7.10. The lowest BCUT2D eigenvalue weighted by atomic mass is 10.1. The summed E-state index contributed by atoms with van der Waals surface area (Å²) in [4.78, 5) is 25.2. The Morgan fingerprint density at radius 1 is 0.968 bits per heavy atom. The van der Waals surface area contributed by atoms with E-state index in [2.05, 4.69) is 20.2 Å². The van der Waals surface area contributed by atoms with Gasteiger partial charge in [0, 0.05) is 37.5 Å². The third-order valence-electron chi connectivity index (χ3n) is 4.93. The molecule has 31 heavy (non-hydrogen) atoms. The summed E-state index contributed by atoms with van der Waals surface area (Å²) in [5.74, 6) is 0.257. The van der Waals surface area contributed by atoms with Gasteiger partial charge in [0.1, 0.15) is 11.6 Å². The first kappa shape index (κ1) is 20.3. The molecule has 0 saturated heterocycles. The number of nitrogens with zero attached hydrogens (tertiary/aromatic N) is 6. The van der Waals surface area contributed by atoms with Crippen LogP contribution in [0.25, 0.3) is 16.8 Å². The molecule has 2 aromatic carbocycles. The van der Waals surface area contributed by atoms with Gasteiger partial charge in [-0.25, -0.2) is 14.4 Å². The molecule has 0 fully saturated rings. The van der Waals surface area contributed by atoms with Gasteiger partial charge < -0.3 is 4.90 Å². The van der Waals surface area contributed by atoms with Gasteiger partial charge >= 0.3 is 0 Å². The van der Waals surface area contributed by atoms with Crippen molar-refractivity contribution in [1.82, 2.24) is 29.9 Å². The summed E-state index contributed by atoms with van der Waals surface area (Å²) >= 11 is 0. The zero-order valence-corrected chi connectivity index (χ0v) is 17.0. The van der Waals surface area contributed by atoms with Crippen LogP contribution in [0.1, 0.15) is 23.1 Å². The van der Waals surface area contributed by atoms with E-state index in [1.807, 2.05) is 25.1 Å². The Balaban J connectivity index is 1.45. The maximum atomic E-state index is 13.2. The number of halogens is 1. The lowest BCUT2D eigenvalue weighted by molar-refractivity contribution is 0.0765. The maximum absolute atomic E-state index is 13.2. The van der Waals surface area contributed by atoms with Crippen LogP contribution in [0.5, 0.6) is 0 Å². The monoisotopic (exact) mass is 416 g/mol. The largest absolute Gasteiger partial charge is 0.338 e. The molecule has 7 nitrogen and oxygen atoms in total. The Bertz CT molecular complexity index is 1140. The second-order valence-electron chi connectivity index (χ2n) is 6.87. The highest BCUT2D eigenvalue weighted by atomic mass is 19.1. The van der Waals surface area contributed by atoms with Crippen molar-refractivity contribution in [3.05, 3.63) is 90.5 Å². The van der Waals surface area contributed by atoms with Gasteiger partial charge in [-0.2, -0.15) is 15.0 Å². The molecule has 0 bridgehead atoms. The van der Waals surface area contributed by atoms with Gasteiger partial charge in [-0.05, 0) is 36.8 Å². The second-order valence-corrected chi connectivity index (χ2v) is 6.87. The van der Waals surface area contributed by atoms with Crippen molar-refractivity contribution in [2.75, 3.05) is 13.1 Å². The predicted octanol–water partition coefficient (Wildman–Crippen LogP) is 3.57. The number of para-hydroxylation sites is 1. The lowest BCUT2D eigenvalue weighted by Crippen LogP contribution is -2.33. The molecule has 0 spiro atoms. The van der Waals surface area contributed by atoms with E-state index in [-0.39, 0.29) is 11.7 Å². The number of rotatable bonds is 7. The van der Waals surface area contributed by atoms with Crippen molar-refractivity contribution >= 4 is 5.91 Å². The molecule has 0 unspecified atom stereocenters. The summed E-state index contributed by atoms with van der Waals surface area (Å²) in [6.45, 7) is 2.96. The summed E-state index contributed by atoms with van der Waals surface area (Å²) in [7, 11) is 0. The van der Waals surface area contributed by atoms with Crippen LogP contribution in [0.15, 0.2) is 73.3 Å². The van der Waals surface area contributed by atoms with Crippen molar-refractivity contribution in [3.63, 3.8) is 0 Å². The van der Waals surface area contributed by atoms with E-state index in [4.69, 9.17) is 0 Å². The van der Waals surface area contributed by atoms with Gasteiger partial charge in [0.2, 0.25) is 0 Å². The van der Waals surface area contributed by atoms with E-state index < -0.39 is 0 Å². The minimum atomic E-state index is -0.282. The minimum absolute atomic E-state index is 0.0988. The average molecular weight is 416 g/mol. The molecule has 156 valence electrons. The molecule has 0 radical (unpaired) electrons. The second kappa shape index (κ2) is 9.25. The van der Waals surface area contributed by atoms with Crippen molar-refractivity contribution in [1.29, 1.82) is 0 Å². The molecule has 0 saturated carbocycles.